The van der Waals surface area contributed by atoms with Gasteiger partial charge in [-0.3, -0.25) is 14.6 Å². The molecule has 1 rings (SSSR count). The highest BCUT2D eigenvalue weighted by atomic mass is 35.5. The van der Waals surface area contributed by atoms with E-state index in [-0.39, 0.29) is 24.7 Å². The van der Waals surface area contributed by atoms with Gasteiger partial charge in [0, 0.05) is 19.3 Å². The van der Waals surface area contributed by atoms with Crippen LogP contribution in [0.15, 0.2) is 24.5 Å². The van der Waals surface area contributed by atoms with Gasteiger partial charge in [-0.2, -0.15) is 0 Å². The number of aliphatic carboxylic acids is 1. The number of hydrogen-bond acceptors (Lipinski definition) is 3. The van der Waals surface area contributed by atoms with Crippen molar-refractivity contribution in [2.75, 3.05) is 0 Å². The molecule has 1 aromatic heterocycles. The summed E-state index contributed by atoms with van der Waals surface area (Å²) in [6.45, 7) is 1.31. The van der Waals surface area contributed by atoms with E-state index in [0.717, 1.165) is 5.56 Å². The summed E-state index contributed by atoms with van der Waals surface area (Å²) in [5.74, 6) is -1.16. The van der Waals surface area contributed by atoms with E-state index in [1.54, 1.807) is 24.5 Å². The molecular formula is C9H13ClN2O3. The summed E-state index contributed by atoms with van der Waals surface area (Å²) in [6.07, 6.45) is 3.22. The third kappa shape index (κ3) is 12.4. The first kappa shape index (κ1) is 15.8. The highest BCUT2D eigenvalue weighted by Crippen LogP contribution is 1.95. The van der Waals surface area contributed by atoms with Gasteiger partial charge in [0.15, 0.2) is 0 Å². The maximum absolute atomic E-state index is 10.1. The first-order valence-corrected chi connectivity index (χ1v) is 3.89. The number of halogens is 1. The Morgan fingerprint density at radius 2 is 2.07 bits per heavy atom. The molecule has 0 aliphatic heterocycles. The average Bonchev–Trinajstić information content (AvgIpc) is 2.03. The summed E-state index contributed by atoms with van der Waals surface area (Å²) in [6, 6.07) is 3.46. The van der Waals surface area contributed by atoms with Gasteiger partial charge in [-0.1, -0.05) is 6.07 Å². The Hall–Kier alpha value is -1.62. The summed E-state index contributed by atoms with van der Waals surface area (Å²) in [5, 5.41) is 8.34. The first-order valence-electron chi connectivity index (χ1n) is 3.89. The number of pyridine rings is 1. The second-order valence-corrected chi connectivity index (χ2v) is 2.54. The van der Waals surface area contributed by atoms with Gasteiger partial charge >= 0.3 is 5.97 Å². The quantitative estimate of drug-likeness (QED) is 0.782. The van der Waals surface area contributed by atoms with Gasteiger partial charge in [0.1, 0.15) is 0 Å². The molecule has 0 saturated carbocycles. The Kier molecular flexibility index (Phi) is 9.45. The van der Waals surface area contributed by atoms with E-state index in [1.807, 2.05) is 0 Å². The Labute approximate surface area is 93.7 Å². The van der Waals surface area contributed by atoms with E-state index in [2.05, 4.69) is 10.7 Å². The van der Waals surface area contributed by atoms with Crippen molar-refractivity contribution >= 4 is 24.3 Å². The molecule has 0 spiro atoms. The van der Waals surface area contributed by atoms with Crippen molar-refractivity contribution in [3.05, 3.63) is 30.1 Å². The first-order chi connectivity index (χ1) is 6.52. The zero-order valence-electron chi connectivity index (χ0n) is 8.21. The molecule has 84 valence electrons. The largest absolute Gasteiger partial charge is 0.481 e. The van der Waals surface area contributed by atoms with Crippen molar-refractivity contribution in [1.82, 2.24) is 4.98 Å². The number of primary amides is 1. The maximum atomic E-state index is 10.1. The van der Waals surface area contributed by atoms with Crippen LogP contribution in [0.1, 0.15) is 12.5 Å². The molecular weight excluding hydrogens is 220 g/mol. The zero-order valence-corrected chi connectivity index (χ0v) is 9.03. The van der Waals surface area contributed by atoms with Gasteiger partial charge in [-0.05, 0) is 11.6 Å². The van der Waals surface area contributed by atoms with Crippen LogP contribution >= 0.6 is 12.4 Å². The van der Waals surface area contributed by atoms with E-state index in [1.165, 1.54) is 6.92 Å². The molecule has 1 aromatic rings. The minimum absolute atomic E-state index is 0. The lowest BCUT2D eigenvalue weighted by Gasteiger charge is -1.91. The second kappa shape index (κ2) is 8.96. The van der Waals surface area contributed by atoms with Crippen LogP contribution < -0.4 is 5.73 Å². The smallest absolute Gasteiger partial charge is 0.307 e. The number of aromatic nitrogens is 1. The van der Waals surface area contributed by atoms with E-state index < -0.39 is 5.97 Å². The van der Waals surface area contributed by atoms with Crippen molar-refractivity contribution in [1.29, 1.82) is 0 Å². The number of carbonyl (C=O) groups is 2. The van der Waals surface area contributed by atoms with Crippen LogP contribution in [0, 0.1) is 0 Å². The Morgan fingerprint density at radius 1 is 1.53 bits per heavy atom. The molecule has 0 aliphatic carbocycles. The van der Waals surface area contributed by atoms with E-state index in [9.17, 15) is 9.59 Å². The lowest BCUT2D eigenvalue weighted by molar-refractivity contribution is -0.136. The lowest BCUT2D eigenvalue weighted by atomic mass is 10.2. The van der Waals surface area contributed by atoms with Crippen LogP contribution in [0.2, 0.25) is 0 Å². The molecule has 3 N–H and O–H groups in total. The normalized spacial score (nSPS) is 7.80. The van der Waals surface area contributed by atoms with Crippen LogP contribution in [0.4, 0.5) is 0 Å². The zero-order chi connectivity index (χ0) is 11.0. The number of hydrogen-bond donors (Lipinski definition) is 2. The second-order valence-electron chi connectivity index (χ2n) is 2.54. The molecule has 0 aliphatic rings. The van der Waals surface area contributed by atoms with Gasteiger partial charge in [-0.25, -0.2) is 0 Å². The summed E-state index contributed by atoms with van der Waals surface area (Å²) < 4.78 is 0. The lowest BCUT2D eigenvalue weighted by Crippen LogP contribution is -2.01. The Bertz CT molecular complexity index is 299. The highest BCUT2D eigenvalue weighted by Gasteiger charge is 1.97. The van der Waals surface area contributed by atoms with Crippen LogP contribution in [0.5, 0.6) is 0 Å². The van der Waals surface area contributed by atoms with Gasteiger partial charge < -0.3 is 10.8 Å². The van der Waals surface area contributed by atoms with Gasteiger partial charge in [-0.15, -0.1) is 12.4 Å². The minimum Gasteiger partial charge on any atom is -0.481 e. The average molecular weight is 233 g/mol. The summed E-state index contributed by atoms with van der Waals surface area (Å²) >= 11 is 0. The fraction of sp³-hybridized carbons (Fsp3) is 0.222. The maximum Gasteiger partial charge on any atom is 0.307 e. The number of nitrogens with two attached hydrogens (primary N) is 1. The van der Waals surface area contributed by atoms with Crippen molar-refractivity contribution in [3.8, 4) is 0 Å². The number of nitrogens with zero attached hydrogens (tertiary/aromatic N) is 1. The molecule has 0 saturated heterocycles. The standard InChI is InChI=1S/C7H7NO2.C2H5NO.ClH/c9-7(10)4-6-2-1-3-8-5-6;1-2(3)4;/h1-3,5H,4H2,(H,9,10);1H3,(H2,3,4);1H. The van der Waals surface area contributed by atoms with Crippen LogP contribution in [-0.4, -0.2) is 22.0 Å². The molecule has 1 amide bonds. The van der Waals surface area contributed by atoms with Crippen molar-refractivity contribution < 1.29 is 14.7 Å². The van der Waals surface area contributed by atoms with E-state index >= 15 is 0 Å². The predicted octanol–water partition coefficient (Wildman–Crippen LogP) is 0.622. The molecule has 0 bridgehead atoms. The van der Waals surface area contributed by atoms with E-state index in [0.29, 0.717) is 0 Å². The molecule has 5 nitrogen and oxygen atoms in total. The number of rotatable bonds is 2. The predicted molar refractivity (Wildman–Crippen MR) is 57.7 cm³/mol. The number of carboxylic acid groups (broad SMARTS) is 1. The third-order valence-corrected chi connectivity index (χ3v) is 1.08. The molecule has 1 heterocycles. The molecule has 0 radical (unpaired) electrons. The molecule has 6 heteroatoms. The number of amides is 1. The van der Waals surface area contributed by atoms with Gasteiger partial charge in [0.05, 0.1) is 6.42 Å². The van der Waals surface area contributed by atoms with Gasteiger partial charge in [0.25, 0.3) is 0 Å². The summed E-state index contributed by atoms with van der Waals surface area (Å²) in [5.41, 5.74) is 5.20. The van der Waals surface area contributed by atoms with Crippen LogP contribution in [0.25, 0.3) is 0 Å². The molecule has 0 atom stereocenters. The number of carbonyl (C=O) groups excluding carboxylic acids is 1. The summed E-state index contributed by atoms with van der Waals surface area (Å²) in [4.78, 5) is 23.1. The van der Waals surface area contributed by atoms with Crippen LogP contribution in [0.3, 0.4) is 0 Å². The van der Waals surface area contributed by atoms with Crippen molar-refractivity contribution in [3.63, 3.8) is 0 Å². The highest BCUT2D eigenvalue weighted by molar-refractivity contribution is 5.85. The molecule has 15 heavy (non-hydrogen) atoms. The fourth-order valence-electron chi connectivity index (χ4n) is 0.677. The Balaban J connectivity index is 0. The molecule has 0 unspecified atom stereocenters. The monoisotopic (exact) mass is 232 g/mol. The Morgan fingerprint density at radius 3 is 2.40 bits per heavy atom. The van der Waals surface area contributed by atoms with Gasteiger partial charge in [0.2, 0.25) is 5.91 Å². The SMILES string of the molecule is CC(N)=O.Cl.O=C(O)Cc1cccnc1. The third-order valence-electron chi connectivity index (χ3n) is 1.08. The van der Waals surface area contributed by atoms with Crippen LogP contribution in [-0.2, 0) is 16.0 Å². The summed E-state index contributed by atoms with van der Waals surface area (Å²) in [7, 11) is 0. The van der Waals surface area contributed by atoms with Crippen molar-refractivity contribution in [2.45, 2.75) is 13.3 Å². The number of carboxylic acids is 1. The topological polar surface area (TPSA) is 93.3 Å². The van der Waals surface area contributed by atoms with E-state index in [4.69, 9.17) is 5.11 Å². The van der Waals surface area contributed by atoms with Crippen molar-refractivity contribution in [2.24, 2.45) is 5.73 Å². The molecule has 0 aromatic carbocycles. The fourth-order valence-corrected chi connectivity index (χ4v) is 0.677. The minimum atomic E-state index is -0.826. The molecule has 0 fully saturated rings.